The number of carbonyl (C=O) groups excluding carboxylic acids is 2. The third-order valence-electron chi connectivity index (χ3n) is 16.5. The molecule has 0 aliphatic heterocycles. The number of methoxy groups -OCH3 is 1. The van der Waals surface area contributed by atoms with Gasteiger partial charge >= 0.3 is 5.97 Å². The lowest BCUT2D eigenvalue weighted by atomic mass is 9.64. The van der Waals surface area contributed by atoms with Crippen molar-refractivity contribution in [2.24, 2.45) is 47.3 Å². The first-order chi connectivity index (χ1) is 28.1. The molecule has 2 aromatic carbocycles. The van der Waals surface area contributed by atoms with Crippen LogP contribution in [0.2, 0.25) is 0 Å². The number of hydrogen-bond acceptors (Lipinski definition) is 7. The fraction of sp³-hybridized carbons (Fsp3) is 0.725. The third-order valence-corrected chi connectivity index (χ3v) is 18.3. The van der Waals surface area contributed by atoms with Crippen LogP contribution in [0.3, 0.4) is 0 Å². The monoisotopic (exact) mass is 828 g/mol. The number of benzene rings is 2. The Balaban J connectivity index is 0.000000167. The van der Waals surface area contributed by atoms with E-state index in [4.69, 9.17) is 14.2 Å². The van der Waals surface area contributed by atoms with Gasteiger partial charge in [0.15, 0.2) is 5.12 Å². The lowest BCUT2D eigenvalue weighted by Gasteiger charge is -2.43. The zero-order chi connectivity index (χ0) is 40.6. The Labute approximate surface area is 359 Å². The molecule has 4 bridgehead atoms. The molecule has 10 atom stereocenters. The SMILES string of the molecule is COc1ccc(C(C)(C)c2ccc(OC(C)=O)c(C3CCCCC3)c2)cc1C1CCCCC1.CSCCCOC1CC2CC1C1C3CC(C4CC(SC(C)=O)CC43)C21. The van der Waals surface area contributed by atoms with E-state index in [0.29, 0.717) is 28.3 Å². The van der Waals surface area contributed by atoms with E-state index >= 15 is 0 Å². The lowest BCUT2D eigenvalue weighted by molar-refractivity contribution is -0.132. The maximum atomic E-state index is 11.8. The summed E-state index contributed by atoms with van der Waals surface area (Å²) in [5, 5.41) is 0.962. The summed E-state index contributed by atoms with van der Waals surface area (Å²) in [6.07, 6.45) is 23.6. The van der Waals surface area contributed by atoms with E-state index in [1.807, 2.05) is 17.8 Å². The van der Waals surface area contributed by atoms with Gasteiger partial charge in [0.2, 0.25) is 0 Å². The zero-order valence-electron chi connectivity index (χ0n) is 36.5. The molecule has 5 nitrogen and oxygen atoms in total. The average Bonchev–Trinajstić information content (AvgIpc) is 4.05. The molecule has 7 fully saturated rings. The number of hydrogen-bond donors (Lipinski definition) is 0. The van der Waals surface area contributed by atoms with Crippen LogP contribution in [0.15, 0.2) is 36.4 Å². The first-order valence-corrected chi connectivity index (χ1v) is 25.6. The molecule has 0 aromatic heterocycles. The van der Waals surface area contributed by atoms with Crippen molar-refractivity contribution < 1.29 is 23.8 Å². The van der Waals surface area contributed by atoms with Crippen molar-refractivity contribution in [1.29, 1.82) is 0 Å². The van der Waals surface area contributed by atoms with E-state index in [-0.39, 0.29) is 11.4 Å². The molecule has 0 radical (unpaired) electrons. The van der Waals surface area contributed by atoms with Gasteiger partial charge in [-0.25, -0.2) is 0 Å². The van der Waals surface area contributed by atoms with E-state index in [2.05, 4.69) is 50.4 Å². The maximum absolute atomic E-state index is 11.8. The maximum Gasteiger partial charge on any atom is 0.308 e. The van der Waals surface area contributed by atoms with Gasteiger partial charge in [0.05, 0.1) is 13.2 Å². The summed E-state index contributed by atoms with van der Waals surface area (Å²) in [5.41, 5.74) is 5.01. The van der Waals surface area contributed by atoms with Gasteiger partial charge in [0.1, 0.15) is 11.5 Å². The quantitative estimate of drug-likeness (QED) is 0.0914. The van der Waals surface area contributed by atoms with Crippen LogP contribution in [0.4, 0.5) is 0 Å². The molecule has 10 unspecified atom stereocenters. The second kappa shape index (κ2) is 18.6. The van der Waals surface area contributed by atoms with Gasteiger partial charge in [0.25, 0.3) is 0 Å². The molecule has 9 rings (SSSR count). The summed E-state index contributed by atoms with van der Waals surface area (Å²) in [6, 6.07) is 13.3. The van der Waals surface area contributed by atoms with Crippen LogP contribution in [0.5, 0.6) is 11.5 Å². The fourth-order valence-electron chi connectivity index (χ4n) is 14.1. The van der Waals surface area contributed by atoms with Gasteiger partial charge in [-0.1, -0.05) is 88.4 Å². The largest absolute Gasteiger partial charge is 0.496 e. The predicted molar refractivity (Wildman–Crippen MR) is 240 cm³/mol. The van der Waals surface area contributed by atoms with Crippen molar-refractivity contribution in [3.63, 3.8) is 0 Å². The molecule has 7 heteroatoms. The topological polar surface area (TPSA) is 61.8 Å². The highest BCUT2D eigenvalue weighted by atomic mass is 32.2. The minimum absolute atomic E-state index is 0.159. The number of esters is 1. The van der Waals surface area contributed by atoms with E-state index in [9.17, 15) is 9.59 Å². The van der Waals surface area contributed by atoms with Crippen LogP contribution >= 0.6 is 23.5 Å². The molecule has 318 valence electrons. The fourth-order valence-corrected chi connectivity index (χ4v) is 15.6. The molecule has 0 N–H and O–H groups in total. The highest BCUT2D eigenvalue weighted by Gasteiger charge is 2.68. The average molecular weight is 829 g/mol. The summed E-state index contributed by atoms with van der Waals surface area (Å²) in [4.78, 5) is 23.3. The van der Waals surface area contributed by atoms with Crippen LogP contribution < -0.4 is 9.47 Å². The van der Waals surface area contributed by atoms with E-state index < -0.39 is 0 Å². The Hall–Kier alpha value is -1.96. The van der Waals surface area contributed by atoms with Crippen LogP contribution in [0, 0.1) is 47.3 Å². The second-order valence-electron chi connectivity index (χ2n) is 20.0. The zero-order valence-corrected chi connectivity index (χ0v) is 38.1. The Morgan fingerprint density at radius 2 is 1.29 bits per heavy atom. The van der Waals surface area contributed by atoms with Gasteiger partial charge < -0.3 is 14.2 Å². The molecule has 2 aromatic rings. The number of rotatable bonds is 12. The highest BCUT2D eigenvalue weighted by molar-refractivity contribution is 8.14. The molecule has 7 saturated carbocycles. The van der Waals surface area contributed by atoms with Gasteiger partial charge in [-0.05, 0) is 170 Å². The van der Waals surface area contributed by atoms with Gasteiger partial charge in [-0.2, -0.15) is 11.8 Å². The molecular weight excluding hydrogens is 757 g/mol. The smallest absolute Gasteiger partial charge is 0.308 e. The van der Waals surface area contributed by atoms with Crippen LogP contribution in [-0.2, 0) is 19.7 Å². The number of ether oxygens (including phenoxy) is 3. The van der Waals surface area contributed by atoms with Crippen molar-refractivity contribution in [1.82, 2.24) is 0 Å². The first kappa shape index (κ1) is 42.7. The lowest BCUT2D eigenvalue weighted by Crippen LogP contribution is -2.41. The highest BCUT2D eigenvalue weighted by Crippen LogP contribution is 2.73. The Kier molecular flexibility index (Phi) is 13.7. The molecule has 0 saturated heterocycles. The van der Waals surface area contributed by atoms with Crippen LogP contribution in [-0.4, -0.2) is 48.2 Å². The Bertz CT molecular complexity index is 1740. The third kappa shape index (κ3) is 8.72. The molecule has 7 aliphatic carbocycles. The second-order valence-corrected chi connectivity index (χ2v) is 22.5. The van der Waals surface area contributed by atoms with Crippen molar-refractivity contribution in [2.75, 3.05) is 25.7 Å². The van der Waals surface area contributed by atoms with Gasteiger partial charge in [-0.3, -0.25) is 9.59 Å². The molecule has 58 heavy (non-hydrogen) atoms. The molecule has 0 heterocycles. The van der Waals surface area contributed by atoms with Crippen molar-refractivity contribution in [2.45, 2.75) is 159 Å². The van der Waals surface area contributed by atoms with Crippen LogP contribution in [0.25, 0.3) is 0 Å². The number of carbonyl (C=O) groups is 2. The summed E-state index contributed by atoms with van der Waals surface area (Å²) in [7, 11) is 1.79. The number of thioether (sulfide) groups is 2. The minimum atomic E-state index is -0.244. The Morgan fingerprint density at radius 1 is 0.707 bits per heavy atom. The summed E-state index contributed by atoms with van der Waals surface area (Å²) in [5.74, 6) is 11.6. The molecule has 0 spiro atoms. The van der Waals surface area contributed by atoms with Gasteiger partial charge in [0, 0.05) is 31.1 Å². The van der Waals surface area contributed by atoms with Gasteiger partial charge in [-0.15, -0.1) is 0 Å². The number of fused-ring (bicyclic) bond motifs is 12. The molecule has 0 amide bonds. The summed E-state index contributed by atoms with van der Waals surface area (Å²) in [6.45, 7) is 8.84. The predicted octanol–water partition coefficient (Wildman–Crippen LogP) is 12.8. The van der Waals surface area contributed by atoms with Crippen LogP contribution in [0.1, 0.15) is 165 Å². The van der Waals surface area contributed by atoms with E-state index in [0.717, 1.165) is 65.4 Å². The standard InChI is InChI=1S/C30H40O3.C21H32O2S2/c1-21(31)33-29-18-16-25(20-27(29)23-13-9-6-10-14-23)30(2,3)24-15-17-28(32-4)26(19-24)22-11-7-5-8-12-22;1-11(22)25-13-8-14-15(9-13)17-10-16(14)20-12-6-18(21(17)20)19(7-12)23-4-3-5-24-2/h15-20,22-23H,5-14H2,1-4H3;12-21H,3-10H2,1-2H3. The first-order valence-electron chi connectivity index (χ1n) is 23.4. The van der Waals surface area contributed by atoms with Crippen molar-refractivity contribution in [3.8, 4) is 11.5 Å². The molecule has 7 aliphatic rings. The Morgan fingerprint density at radius 3 is 1.86 bits per heavy atom. The van der Waals surface area contributed by atoms with Crippen molar-refractivity contribution >= 4 is 34.6 Å². The molecular formula is C51H72O5S2. The minimum Gasteiger partial charge on any atom is -0.496 e. The van der Waals surface area contributed by atoms with E-state index in [1.54, 1.807) is 25.8 Å². The summed E-state index contributed by atoms with van der Waals surface area (Å²) < 4.78 is 17.8. The summed E-state index contributed by atoms with van der Waals surface area (Å²) >= 11 is 3.58. The van der Waals surface area contributed by atoms with Crippen molar-refractivity contribution in [3.05, 3.63) is 58.7 Å². The normalized spacial score (nSPS) is 32.7. The van der Waals surface area contributed by atoms with E-state index in [1.165, 1.54) is 138 Å².